The zero-order valence-corrected chi connectivity index (χ0v) is 9.54. The second-order valence-electron chi connectivity index (χ2n) is 2.12. The Kier molecular flexibility index (Phi) is 202. The second kappa shape index (κ2) is 99.1. The molecule has 0 spiro atoms. The molecule has 0 saturated carbocycles. The van der Waals surface area contributed by atoms with Gasteiger partial charge in [-0.1, -0.05) is 60.8 Å². The molecule has 0 unspecified atom stereocenters. The van der Waals surface area contributed by atoms with Crippen molar-refractivity contribution in [3.8, 4) is 0 Å². The summed E-state index contributed by atoms with van der Waals surface area (Å²) < 4.78 is 0. The van der Waals surface area contributed by atoms with Crippen LogP contribution in [0.5, 0.6) is 0 Å². The van der Waals surface area contributed by atoms with Gasteiger partial charge in [0.25, 0.3) is 0 Å². The van der Waals surface area contributed by atoms with E-state index >= 15 is 0 Å². The summed E-state index contributed by atoms with van der Waals surface area (Å²) in [5.74, 6) is 0. The topological polar surface area (TPSA) is 0 Å². The van der Waals surface area contributed by atoms with E-state index in [1.165, 1.54) is 19.3 Å². The molecule has 0 heterocycles. The molecular formula is C11H28. The highest BCUT2D eigenvalue weighted by Crippen LogP contribution is 1.56. The van der Waals surface area contributed by atoms with Crippen LogP contribution in [0.1, 0.15) is 60.8 Å². The van der Waals surface area contributed by atoms with Crippen molar-refractivity contribution < 1.29 is 0 Å². The van der Waals surface area contributed by atoms with Crippen molar-refractivity contribution in [1.29, 1.82) is 0 Å². The minimum atomic E-state index is 1.25. The fourth-order valence-electron chi connectivity index (χ4n) is 0. The van der Waals surface area contributed by atoms with Crippen LogP contribution in [0.2, 0.25) is 0 Å². The van der Waals surface area contributed by atoms with Gasteiger partial charge in [0.05, 0.1) is 0 Å². The molecule has 0 atom stereocenters. The van der Waals surface area contributed by atoms with Crippen LogP contribution >= 0.6 is 0 Å². The monoisotopic (exact) mass is 160 g/mol. The predicted octanol–water partition coefficient (Wildman–Crippen LogP) is 5.05. The van der Waals surface area contributed by atoms with Crippen molar-refractivity contribution in [3.63, 3.8) is 0 Å². The molecule has 0 aliphatic heterocycles. The van der Waals surface area contributed by atoms with Gasteiger partial charge in [-0.25, -0.2) is 0 Å². The third kappa shape index (κ3) is 8630. The van der Waals surface area contributed by atoms with E-state index in [0.29, 0.717) is 0 Å². The van der Waals surface area contributed by atoms with Gasteiger partial charge in [-0.05, 0) is 0 Å². The van der Waals surface area contributed by atoms with Gasteiger partial charge in [-0.15, -0.1) is 13.2 Å². The fraction of sp³-hybridized carbons (Fsp3) is 0.818. The summed E-state index contributed by atoms with van der Waals surface area (Å²) in [5.41, 5.74) is 0. The first-order chi connectivity index (χ1) is 5.24. The van der Waals surface area contributed by atoms with Crippen LogP contribution in [0, 0.1) is 0 Å². The fourth-order valence-corrected chi connectivity index (χ4v) is 0. The lowest BCUT2D eigenvalue weighted by Gasteiger charge is -1.48. The van der Waals surface area contributed by atoms with Crippen LogP contribution in [-0.2, 0) is 0 Å². The Labute approximate surface area is 74.7 Å². The van der Waals surface area contributed by atoms with Crippen LogP contribution in [-0.4, -0.2) is 0 Å². The highest BCUT2D eigenvalue weighted by molar-refractivity contribution is 4.22. The first kappa shape index (κ1) is 22.4. The minimum absolute atomic E-state index is 1.25. The van der Waals surface area contributed by atoms with Gasteiger partial charge in [-0.2, -0.15) is 0 Å². The Morgan fingerprint density at radius 1 is 0.545 bits per heavy atom. The molecule has 0 nitrogen and oxygen atoms in total. The maximum Gasteiger partial charge on any atom is -0.0590 e. The van der Waals surface area contributed by atoms with Gasteiger partial charge in [0, 0.05) is 0 Å². The second-order valence-corrected chi connectivity index (χ2v) is 2.12. The molecular weight excluding hydrogens is 132 g/mol. The standard InChI is InChI=1S/3C3H8.C2H4/c3*1-3-2;1-2/h3*3H2,1-2H3;1-2H2. The molecule has 0 aliphatic carbocycles. The molecule has 0 aromatic rings. The quantitative estimate of drug-likeness (QED) is 0.435. The van der Waals surface area contributed by atoms with Gasteiger partial charge in [0.2, 0.25) is 0 Å². The molecule has 0 radical (unpaired) electrons. The van der Waals surface area contributed by atoms with Crippen LogP contribution in [0.3, 0.4) is 0 Å². The van der Waals surface area contributed by atoms with Crippen LogP contribution in [0.4, 0.5) is 0 Å². The zero-order valence-electron chi connectivity index (χ0n) is 9.54. The Morgan fingerprint density at radius 3 is 0.545 bits per heavy atom. The molecule has 0 fully saturated rings. The molecule has 0 rings (SSSR count). The SMILES string of the molecule is C=C.CCC.CCC.CCC. The molecule has 0 aromatic carbocycles. The maximum absolute atomic E-state index is 3.00. The summed E-state index contributed by atoms with van der Waals surface area (Å²) in [5, 5.41) is 0. The Hall–Kier alpha value is -0.260. The smallest absolute Gasteiger partial charge is 0.0590 e. The highest BCUT2D eigenvalue weighted by atomic mass is 13.4. The first-order valence-corrected chi connectivity index (χ1v) is 4.74. The molecule has 0 aromatic heterocycles. The Bertz CT molecular complexity index is 11.2. The van der Waals surface area contributed by atoms with E-state index in [2.05, 4.69) is 54.7 Å². The molecule has 0 heteroatoms. The van der Waals surface area contributed by atoms with Crippen LogP contribution in [0.15, 0.2) is 13.2 Å². The molecule has 11 heavy (non-hydrogen) atoms. The van der Waals surface area contributed by atoms with E-state index in [1.807, 2.05) is 0 Å². The molecule has 0 bridgehead atoms. The number of rotatable bonds is 0. The van der Waals surface area contributed by atoms with E-state index in [4.69, 9.17) is 0 Å². The molecule has 0 amide bonds. The van der Waals surface area contributed by atoms with Crippen LogP contribution < -0.4 is 0 Å². The lowest BCUT2D eigenvalue weighted by molar-refractivity contribution is 1.09. The van der Waals surface area contributed by atoms with Crippen molar-refractivity contribution >= 4 is 0 Å². The van der Waals surface area contributed by atoms with Crippen molar-refractivity contribution in [2.45, 2.75) is 60.8 Å². The highest BCUT2D eigenvalue weighted by Gasteiger charge is 1.36. The third-order valence-corrected chi connectivity index (χ3v) is 0. The van der Waals surface area contributed by atoms with Crippen molar-refractivity contribution in [3.05, 3.63) is 13.2 Å². The minimum Gasteiger partial charge on any atom is -0.106 e. The van der Waals surface area contributed by atoms with Gasteiger partial charge in [-0.3, -0.25) is 0 Å². The van der Waals surface area contributed by atoms with Crippen molar-refractivity contribution in [1.82, 2.24) is 0 Å². The summed E-state index contributed by atoms with van der Waals surface area (Å²) in [6, 6.07) is 0. The van der Waals surface area contributed by atoms with Crippen LogP contribution in [0.25, 0.3) is 0 Å². The molecule has 72 valence electrons. The van der Waals surface area contributed by atoms with E-state index in [1.54, 1.807) is 0 Å². The summed E-state index contributed by atoms with van der Waals surface area (Å²) in [6.07, 6.45) is 3.75. The molecule has 0 aliphatic rings. The third-order valence-electron chi connectivity index (χ3n) is 0. The predicted molar refractivity (Wildman–Crippen MR) is 59.1 cm³/mol. The van der Waals surface area contributed by atoms with E-state index in [0.717, 1.165) is 0 Å². The summed E-state index contributed by atoms with van der Waals surface area (Å²) >= 11 is 0. The first-order valence-electron chi connectivity index (χ1n) is 4.74. The van der Waals surface area contributed by atoms with Gasteiger partial charge in [0.1, 0.15) is 0 Å². The Balaban J connectivity index is -0.0000000301. The van der Waals surface area contributed by atoms with Crippen molar-refractivity contribution in [2.24, 2.45) is 0 Å². The maximum atomic E-state index is 3.00. The average molecular weight is 160 g/mol. The molecule has 0 saturated heterocycles. The summed E-state index contributed by atoms with van der Waals surface area (Å²) in [7, 11) is 0. The summed E-state index contributed by atoms with van der Waals surface area (Å²) in [4.78, 5) is 0. The van der Waals surface area contributed by atoms with E-state index in [9.17, 15) is 0 Å². The van der Waals surface area contributed by atoms with Crippen molar-refractivity contribution in [2.75, 3.05) is 0 Å². The van der Waals surface area contributed by atoms with E-state index in [-0.39, 0.29) is 0 Å². The summed E-state index contributed by atoms with van der Waals surface area (Å²) in [6.45, 7) is 18.8. The van der Waals surface area contributed by atoms with Gasteiger partial charge in [0.15, 0.2) is 0 Å². The largest absolute Gasteiger partial charge is 0.106 e. The Morgan fingerprint density at radius 2 is 0.545 bits per heavy atom. The normalized spacial score (nSPS) is 5.27. The zero-order chi connectivity index (χ0) is 10.1. The molecule has 0 N–H and O–H groups in total. The lowest BCUT2D eigenvalue weighted by atomic mass is 10.6. The van der Waals surface area contributed by atoms with E-state index < -0.39 is 0 Å². The van der Waals surface area contributed by atoms with Gasteiger partial charge >= 0.3 is 0 Å². The number of hydrogen-bond acceptors (Lipinski definition) is 0. The number of hydrogen-bond donors (Lipinski definition) is 0. The average Bonchev–Trinajstić information content (AvgIpc) is 1.96. The lowest BCUT2D eigenvalue weighted by Crippen LogP contribution is -1.27. The van der Waals surface area contributed by atoms with Gasteiger partial charge < -0.3 is 0 Å².